The molecule has 0 saturated carbocycles. The van der Waals surface area contributed by atoms with E-state index in [0.29, 0.717) is 36.3 Å². The monoisotopic (exact) mass is 518 g/mol. The van der Waals surface area contributed by atoms with Crippen molar-refractivity contribution in [2.24, 2.45) is 0 Å². The van der Waals surface area contributed by atoms with Gasteiger partial charge in [0.05, 0.1) is 30.5 Å². The summed E-state index contributed by atoms with van der Waals surface area (Å²) in [6, 6.07) is 4.96. The largest absolute Gasteiger partial charge is 0.463 e. The Balaban J connectivity index is 1.59. The molecule has 4 rings (SSSR count). The third kappa shape index (κ3) is 5.98. The standard InChI is InChI=1S/C24H25F3N6O4/c1-3-8-33-22(35)19-21(31-23(33)37-14-18(34)36-9-4-2)30-20(29-19)16-11-28-32(13-16)12-15-6-5-7-17(10-15)24(25,26)27/h5-7,10-11,13H,3-4,8-9,12,14H2,1-2H3,(H,29,30). The van der Waals surface area contributed by atoms with Crippen molar-refractivity contribution in [3.05, 3.63) is 58.1 Å². The minimum absolute atomic E-state index is 0.0499. The van der Waals surface area contributed by atoms with Crippen LogP contribution in [0, 0.1) is 0 Å². The molecule has 0 aliphatic rings. The number of alkyl halides is 3. The number of carbonyl (C=O) groups is 1. The van der Waals surface area contributed by atoms with E-state index in [0.717, 1.165) is 12.1 Å². The van der Waals surface area contributed by atoms with E-state index in [1.807, 2.05) is 13.8 Å². The lowest BCUT2D eigenvalue weighted by molar-refractivity contribution is -0.146. The van der Waals surface area contributed by atoms with Gasteiger partial charge >= 0.3 is 18.2 Å². The number of aromatic amines is 1. The first-order chi connectivity index (χ1) is 17.7. The van der Waals surface area contributed by atoms with Crippen LogP contribution in [0.2, 0.25) is 0 Å². The predicted molar refractivity (Wildman–Crippen MR) is 127 cm³/mol. The minimum Gasteiger partial charge on any atom is -0.463 e. The van der Waals surface area contributed by atoms with Crippen molar-refractivity contribution in [1.29, 1.82) is 0 Å². The summed E-state index contributed by atoms with van der Waals surface area (Å²) in [4.78, 5) is 36.6. The van der Waals surface area contributed by atoms with Crippen molar-refractivity contribution in [2.45, 2.75) is 46.0 Å². The Hall–Kier alpha value is -4.16. The van der Waals surface area contributed by atoms with Gasteiger partial charge in [-0.25, -0.2) is 9.78 Å². The van der Waals surface area contributed by atoms with Gasteiger partial charge in [-0.15, -0.1) is 0 Å². The van der Waals surface area contributed by atoms with Crippen LogP contribution < -0.4 is 10.3 Å². The Morgan fingerprint density at radius 1 is 1.16 bits per heavy atom. The number of hydrogen-bond donors (Lipinski definition) is 1. The van der Waals surface area contributed by atoms with E-state index in [1.165, 1.54) is 21.5 Å². The van der Waals surface area contributed by atoms with Gasteiger partial charge in [-0.05, 0) is 30.5 Å². The van der Waals surface area contributed by atoms with E-state index >= 15 is 0 Å². The van der Waals surface area contributed by atoms with Crippen LogP contribution in [-0.2, 0) is 28.8 Å². The molecule has 0 fully saturated rings. The summed E-state index contributed by atoms with van der Waals surface area (Å²) in [5.41, 5.74) is 0.0269. The van der Waals surface area contributed by atoms with Gasteiger partial charge in [0.1, 0.15) is 5.82 Å². The zero-order valence-electron chi connectivity index (χ0n) is 20.2. The molecule has 0 aliphatic carbocycles. The summed E-state index contributed by atoms with van der Waals surface area (Å²) in [5, 5.41) is 4.21. The zero-order chi connectivity index (χ0) is 26.6. The van der Waals surface area contributed by atoms with Gasteiger partial charge in [0, 0.05) is 12.7 Å². The predicted octanol–water partition coefficient (Wildman–Crippen LogP) is 3.79. The number of carbonyl (C=O) groups excluding carboxylic acids is 1. The van der Waals surface area contributed by atoms with Crippen LogP contribution in [0.25, 0.3) is 22.6 Å². The third-order valence-corrected chi connectivity index (χ3v) is 5.32. The molecule has 13 heteroatoms. The summed E-state index contributed by atoms with van der Waals surface area (Å²) < 4.78 is 52.3. The smallest absolute Gasteiger partial charge is 0.416 e. The normalized spacial score (nSPS) is 11.7. The molecule has 0 unspecified atom stereocenters. The van der Waals surface area contributed by atoms with E-state index in [-0.39, 0.29) is 30.3 Å². The van der Waals surface area contributed by atoms with E-state index < -0.39 is 29.9 Å². The first-order valence-electron chi connectivity index (χ1n) is 11.7. The average Bonchev–Trinajstić information content (AvgIpc) is 3.50. The van der Waals surface area contributed by atoms with Crippen LogP contribution in [0.5, 0.6) is 6.01 Å². The van der Waals surface area contributed by atoms with Crippen LogP contribution in [0.3, 0.4) is 0 Å². The van der Waals surface area contributed by atoms with Crippen LogP contribution in [-0.4, -0.2) is 48.5 Å². The Labute approximate surface area is 209 Å². The molecule has 0 aliphatic heterocycles. The van der Waals surface area contributed by atoms with Gasteiger partial charge in [-0.3, -0.25) is 14.0 Å². The summed E-state index contributed by atoms with van der Waals surface area (Å²) >= 11 is 0. The number of esters is 1. The second kappa shape index (κ2) is 10.8. The van der Waals surface area contributed by atoms with Gasteiger partial charge in [-0.2, -0.15) is 23.3 Å². The lowest BCUT2D eigenvalue weighted by atomic mass is 10.1. The maximum Gasteiger partial charge on any atom is 0.416 e. The molecule has 0 spiro atoms. The van der Waals surface area contributed by atoms with Crippen molar-refractivity contribution in [1.82, 2.24) is 29.3 Å². The minimum atomic E-state index is -4.43. The quantitative estimate of drug-likeness (QED) is 0.318. The van der Waals surface area contributed by atoms with Crippen molar-refractivity contribution in [2.75, 3.05) is 13.2 Å². The number of benzene rings is 1. The molecule has 0 bridgehead atoms. The molecule has 196 valence electrons. The van der Waals surface area contributed by atoms with Crippen LogP contribution in [0.15, 0.2) is 41.5 Å². The lowest BCUT2D eigenvalue weighted by Crippen LogP contribution is -2.26. The van der Waals surface area contributed by atoms with Gasteiger partial charge in [0.2, 0.25) is 0 Å². The second-order valence-corrected chi connectivity index (χ2v) is 8.27. The number of fused-ring (bicyclic) bond motifs is 1. The molecule has 1 N–H and O–H groups in total. The number of halogens is 3. The van der Waals surface area contributed by atoms with E-state index in [9.17, 15) is 22.8 Å². The molecule has 10 nitrogen and oxygen atoms in total. The Bertz CT molecular complexity index is 1460. The number of nitrogens with one attached hydrogen (secondary N) is 1. The number of H-pyrrole nitrogens is 1. The number of hydrogen-bond acceptors (Lipinski definition) is 7. The topological polar surface area (TPSA) is 117 Å². The number of imidazole rings is 1. The molecule has 0 amide bonds. The van der Waals surface area contributed by atoms with Crippen molar-refractivity contribution < 1.29 is 27.4 Å². The summed E-state index contributed by atoms with van der Waals surface area (Å²) in [6.07, 6.45) is -0.0630. The van der Waals surface area contributed by atoms with Gasteiger partial charge in [-0.1, -0.05) is 26.0 Å². The Morgan fingerprint density at radius 3 is 2.70 bits per heavy atom. The summed E-state index contributed by atoms with van der Waals surface area (Å²) in [7, 11) is 0. The highest BCUT2D eigenvalue weighted by Crippen LogP contribution is 2.29. The van der Waals surface area contributed by atoms with Crippen LogP contribution in [0.1, 0.15) is 37.8 Å². The third-order valence-electron chi connectivity index (χ3n) is 5.32. The van der Waals surface area contributed by atoms with Crippen molar-refractivity contribution in [3.8, 4) is 17.4 Å². The molecule has 0 radical (unpaired) electrons. The number of aromatic nitrogens is 6. The maximum absolute atomic E-state index is 13.1. The first kappa shape index (κ1) is 25.9. The number of nitrogens with zero attached hydrogens (tertiary/aromatic N) is 5. The van der Waals surface area contributed by atoms with E-state index in [2.05, 4.69) is 20.1 Å². The first-order valence-corrected chi connectivity index (χ1v) is 11.7. The van der Waals surface area contributed by atoms with E-state index in [1.54, 1.807) is 12.3 Å². The summed E-state index contributed by atoms with van der Waals surface area (Å²) in [6.45, 7) is 4.03. The Morgan fingerprint density at radius 2 is 1.97 bits per heavy atom. The van der Waals surface area contributed by atoms with Crippen LogP contribution in [0.4, 0.5) is 13.2 Å². The lowest BCUT2D eigenvalue weighted by Gasteiger charge is -2.11. The van der Waals surface area contributed by atoms with Gasteiger partial charge < -0.3 is 14.5 Å². The highest BCUT2D eigenvalue weighted by atomic mass is 19.4. The van der Waals surface area contributed by atoms with Crippen molar-refractivity contribution >= 4 is 17.1 Å². The van der Waals surface area contributed by atoms with Gasteiger partial charge in [0.15, 0.2) is 17.8 Å². The highest BCUT2D eigenvalue weighted by Gasteiger charge is 2.30. The molecule has 1 aromatic carbocycles. The fourth-order valence-electron chi connectivity index (χ4n) is 3.62. The van der Waals surface area contributed by atoms with Crippen molar-refractivity contribution in [3.63, 3.8) is 0 Å². The van der Waals surface area contributed by atoms with E-state index in [4.69, 9.17) is 9.47 Å². The molecule has 0 atom stereocenters. The van der Waals surface area contributed by atoms with Crippen LogP contribution >= 0.6 is 0 Å². The molecule has 3 heterocycles. The molecule has 0 saturated heterocycles. The van der Waals surface area contributed by atoms with Gasteiger partial charge in [0.25, 0.3) is 5.56 Å². The fraction of sp³-hybridized carbons (Fsp3) is 0.375. The fourth-order valence-corrected chi connectivity index (χ4v) is 3.62. The zero-order valence-corrected chi connectivity index (χ0v) is 20.2. The molecule has 4 aromatic rings. The number of ether oxygens (including phenoxy) is 2. The Kier molecular flexibility index (Phi) is 7.60. The molecular formula is C24H25F3N6O4. The highest BCUT2D eigenvalue weighted by molar-refractivity contribution is 5.75. The number of rotatable bonds is 10. The SMILES string of the molecule is CCCOC(=O)COc1nc2nc(-c3cnn(Cc4cccc(C(F)(F)F)c4)c3)[nH]c2c(=O)n1CCC. The molecule has 3 aromatic heterocycles. The second-order valence-electron chi connectivity index (χ2n) is 8.27. The average molecular weight is 518 g/mol. The molecular weight excluding hydrogens is 493 g/mol. The summed E-state index contributed by atoms with van der Waals surface area (Å²) in [5.74, 6) is -0.271. The molecule has 37 heavy (non-hydrogen) atoms. The maximum atomic E-state index is 13.1.